The van der Waals surface area contributed by atoms with Crippen molar-refractivity contribution >= 4 is 11.8 Å². The molecule has 1 aromatic heterocycles. The van der Waals surface area contributed by atoms with Crippen LogP contribution >= 0.6 is 0 Å². The largest absolute Gasteiger partial charge is 0.465 e. The van der Waals surface area contributed by atoms with Crippen molar-refractivity contribution < 1.29 is 28.2 Å². The Labute approximate surface area is 132 Å². The second-order valence-electron chi connectivity index (χ2n) is 5.28. The number of ketones is 1. The van der Waals surface area contributed by atoms with E-state index >= 15 is 0 Å². The van der Waals surface area contributed by atoms with E-state index in [1.807, 2.05) is 0 Å². The van der Waals surface area contributed by atoms with Crippen LogP contribution in [0, 0.1) is 20.8 Å². The molecular formula is C17H16O6. The van der Waals surface area contributed by atoms with Gasteiger partial charge in [0.25, 0.3) is 0 Å². The zero-order valence-electron chi connectivity index (χ0n) is 13.1. The summed E-state index contributed by atoms with van der Waals surface area (Å²) in [5.41, 5.74) is 1.50. The first kappa shape index (κ1) is 15.1. The molecule has 0 aliphatic carbocycles. The van der Waals surface area contributed by atoms with Crippen LogP contribution in [0.2, 0.25) is 0 Å². The Morgan fingerprint density at radius 2 is 1.83 bits per heavy atom. The molecule has 0 N–H and O–H groups in total. The summed E-state index contributed by atoms with van der Waals surface area (Å²) in [6.45, 7) is 5.04. The fourth-order valence-corrected chi connectivity index (χ4v) is 2.45. The molecule has 0 fully saturated rings. The van der Waals surface area contributed by atoms with Crippen molar-refractivity contribution in [3.63, 3.8) is 0 Å². The Morgan fingerprint density at radius 1 is 1.09 bits per heavy atom. The number of ether oxygens (including phenoxy) is 3. The quantitative estimate of drug-likeness (QED) is 0.637. The normalized spacial score (nSPS) is 12.3. The van der Waals surface area contributed by atoms with E-state index in [-0.39, 0.29) is 19.2 Å². The number of aryl methyl sites for hydroxylation is 2. The van der Waals surface area contributed by atoms with E-state index < -0.39 is 5.97 Å². The summed E-state index contributed by atoms with van der Waals surface area (Å²) in [4.78, 5) is 24.3. The molecule has 1 aromatic carbocycles. The van der Waals surface area contributed by atoms with Crippen LogP contribution in [0.3, 0.4) is 0 Å². The van der Waals surface area contributed by atoms with Gasteiger partial charge in [0.1, 0.15) is 17.1 Å². The lowest BCUT2D eigenvalue weighted by atomic mass is 10.1. The topological polar surface area (TPSA) is 75.0 Å². The second-order valence-corrected chi connectivity index (χ2v) is 5.28. The van der Waals surface area contributed by atoms with E-state index in [9.17, 15) is 9.59 Å². The Hall–Kier alpha value is -2.76. The number of carbonyl (C=O) groups is 2. The Morgan fingerprint density at radius 3 is 2.52 bits per heavy atom. The Balaban J connectivity index is 1.68. The summed E-state index contributed by atoms with van der Waals surface area (Å²) in [6, 6.07) is 4.85. The molecule has 1 aliphatic rings. The van der Waals surface area contributed by atoms with Gasteiger partial charge in [-0.15, -0.1) is 0 Å². The minimum absolute atomic E-state index is 0.139. The lowest BCUT2D eigenvalue weighted by Gasteiger charge is -2.05. The molecule has 23 heavy (non-hydrogen) atoms. The first-order chi connectivity index (χ1) is 11.0. The second kappa shape index (κ2) is 5.79. The molecule has 6 heteroatoms. The van der Waals surface area contributed by atoms with Crippen LogP contribution in [0.4, 0.5) is 0 Å². The number of fused-ring (bicyclic) bond motifs is 1. The summed E-state index contributed by atoms with van der Waals surface area (Å²) in [5.74, 6) is 1.38. The summed E-state index contributed by atoms with van der Waals surface area (Å²) in [6.07, 6.45) is 0. The zero-order chi connectivity index (χ0) is 16.6. The van der Waals surface area contributed by atoms with Crippen LogP contribution in [-0.4, -0.2) is 25.2 Å². The van der Waals surface area contributed by atoms with Crippen LogP contribution < -0.4 is 9.47 Å². The smallest absolute Gasteiger partial charge is 0.342 e. The van der Waals surface area contributed by atoms with Crippen molar-refractivity contribution in [2.75, 3.05) is 13.4 Å². The third-order valence-electron chi connectivity index (χ3n) is 3.79. The molecule has 120 valence electrons. The molecule has 0 spiro atoms. The maximum Gasteiger partial charge on any atom is 0.342 e. The highest BCUT2D eigenvalue weighted by molar-refractivity contribution is 6.00. The summed E-state index contributed by atoms with van der Waals surface area (Å²) in [7, 11) is 0. The number of esters is 1. The van der Waals surface area contributed by atoms with Crippen LogP contribution in [-0.2, 0) is 4.74 Å². The molecule has 6 nitrogen and oxygen atoms in total. The van der Waals surface area contributed by atoms with Crippen molar-refractivity contribution in [1.29, 1.82) is 0 Å². The van der Waals surface area contributed by atoms with Gasteiger partial charge in [-0.05, 0) is 39.0 Å². The van der Waals surface area contributed by atoms with Gasteiger partial charge >= 0.3 is 5.97 Å². The van der Waals surface area contributed by atoms with E-state index in [2.05, 4.69) is 0 Å². The van der Waals surface area contributed by atoms with E-state index in [4.69, 9.17) is 18.6 Å². The van der Waals surface area contributed by atoms with Crippen LogP contribution in [0.1, 0.15) is 37.8 Å². The first-order valence-corrected chi connectivity index (χ1v) is 7.14. The molecular weight excluding hydrogens is 300 g/mol. The lowest BCUT2D eigenvalue weighted by molar-refractivity contribution is 0.0472. The fraction of sp³-hybridized carbons (Fsp3) is 0.294. The van der Waals surface area contributed by atoms with Gasteiger partial charge in [-0.1, -0.05) is 0 Å². The highest BCUT2D eigenvalue weighted by Gasteiger charge is 2.22. The maximum atomic E-state index is 12.2. The lowest BCUT2D eigenvalue weighted by Crippen LogP contribution is -2.15. The molecule has 0 saturated carbocycles. The summed E-state index contributed by atoms with van der Waals surface area (Å²) < 4.78 is 20.9. The van der Waals surface area contributed by atoms with Gasteiger partial charge in [0.15, 0.2) is 23.9 Å². The highest BCUT2D eigenvalue weighted by Crippen LogP contribution is 2.32. The minimum Gasteiger partial charge on any atom is -0.465 e. The zero-order valence-corrected chi connectivity index (χ0v) is 13.1. The van der Waals surface area contributed by atoms with Crippen LogP contribution in [0.25, 0.3) is 0 Å². The number of hydrogen-bond donors (Lipinski definition) is 0. The molecule has 2 heterocycles. The molecule has 0 atom stereocenters. The average Bonchev–Trinajstić information content (AvgIpc) is 3.08. The van der Waals surface area contributed by atoms with Gasteiger partial charge in [0.2, 0.25) is 6.79 Å². The van der Waals surface area contributed by atoms with Crippen molar-refractivity contribution in [1.82, 2.24) is 0 Å². The van der Waals surface area contributed by atoms with Gasteiger partial charge in [-0.25, -0.2) is 4.79 Å². The van der Waals surface area contributed by atoms with Crippen LogP contribution in [0.15, 0.2) is 22.6 Å². The van der Waals surface area contributed by atoms with Crippen LogP contribution in [0.5, 0.6) is 11.5 Å². The van der Waals surface area contributed by atoms with E-state index in [0.29, 0.717) is 34.1 Å². The monoisotopic (exact) mass is 316 g/mol. The first-order valence-electron chi connectivity index (χ1n) is 7.14. The average molecular weight is 316 g/mol. The number of hydrogen-bond acceptors (Lipinski definition) is 6. The number of benzene rings is 1. The maximum absolute atomic E-state index is 12.2. The van der Waals surface area contributed by atoms with Crippen molar-refractivity contribution in [3.8, 4) is 11.5 Å². The van der Waals surface area contributed by atoms with Gasteiger partial charge in [-0.3, -0.25) is 4.79 Å². The number of Topliss-reactive ketones (excluding diaryl/α,β-unsaturated/α-hetero) is 1. The van der Waals surface area contributed by atoms with Crippen molar-refractivity contribution in [3.05, 3.63) is 46.4 Å². The SMILES string of the molecule is Cc1oc(C)c(C(=O)OCC(=O)c2ccc3c(c2)OCO3)c1C. The Bertz CT molecular complexity index is 787. The fourth-order valence-electron chi connectivity index (χ4n) is 2.45. The molecule has 0 unspecified atom stereocenters. The molecule has 2 aromatic rings. The number of carbonyl (C=O) groups excluding carboxylic acids is 2. The van der Waals surface area contributed by atoms with Gasteiger partial charge in [-0.2, -0.15) is 0 Å². The van der Waals surface area contributed by atoms with Crippen molar-refractivity contribution in [2.24, 2.45) is 0 Å². The molecule has 0 bridgehead atoms. The van der Waals surface area contributed by atoms with E-state index in [1.54, 1.807) is 39.0 Å². The van der Waals surface area contributed by atoms with Gasteiger partial charge < -0.3 is 18.6 Å². The Kier molecular flexibility index (Phi) is 3.82. The van der Waals surface area contributed by atoms with Crippen molar-refractivity contribution in [2.45, 2.75) is 20.8 Å². The minimum atomic E-state index is -0.564. The molecule has 0 saturated heterocycles. The summed E-state index contributed by atoms with van der Waals surface area (Å²) in [5, 5.41) is 0. The van der Waals surface area contributed by atoms with E-state index in [0.717, 1.165) is 5.56 Å². The third-order valence-corrected chi connectivity index (χ3v) is 3.79. The predicted molar refractivity (Wildman–Crippen MR) is 80.1 cm³/mol. The number of furan rings is 1. The molecule has 0 radical (unpaired) electrons. The summed E-state index contributed by atoms with van der Waals surface area (Å²) >= 11 is 0. The molecule has 1 aliphatic heterocycles. The van der Waals surface area contributed by atoms with E-state index in [1.165, 1.54) is 0 Å². The van der Waals surface area contributed by atoms with Gasteiger partial charge in [0.05, 0.1) is 0 Å². The highest BCUT2D eigenvalue weighted by atomic mass is 16.7. The molecule has 3 rings (SSSR count). The predicted octanol–water partition coefficient (Wildman–Crippen LogP) is 2.97. The molecule has 0 amide bonds. The number of rotatable bonds is 4. The van der Waals surface area contributed by atoms with Gasteiger partial charge in [0, 0.05) is 11.1 Å². The third kappa shape index (κ3) is 2.79. The standard InChI is InChI=1S/C17H16O6/c1-9-10(2)23-11(3)16(9)17(19)20-7-13(18)12-4-5-14-15(6-12)22-8-21-14/h4-6H,7-8H2,1-3H3.